The molecule has 2 amide bonds. The Morgan fingerprint density at radius 1 is 0.711 bits per heavy atom. The second kappa shape index (κ2) is 10.7. The first-order valence-electron chi connectivity index (χ1n) is 12.5. The van der Waals surface area contributed by atoms with E-state index in [-0.39, 0.29) is 5.78 Å². The number of aryl methyl sites for hydroxylation is 1. The lowest BCUT2D eigenvalue weighted by Gasteiger charge is -2.30. The van der Waals surface area contributed by atoms with E-state index in [1.807, 2.05) is 73.7 Å². The minimum absolute atomic E-state index is 0.203. The van der Waals surface area contributed by atoms with Gasteiger partial charge in [0.2, 0.25) is 0 Å². The largest absolute Gasteiger partial charge is 0.480 e. The van der Waals surface area contributed by atoms with Gasteiger partial charge in [0.05, 0.1) is 12.0 Å². The molecule has 4 aromatic rings. The Labute approximate surface area is 221 Å². The monoisotopic (exact) mass is 504 g/mol. The van der Waals surface area contributed by atoms with Gasteiger partial charge in [-0.25, -0.2) is 9.59 Å². The highest BCUT2D eigenvalue weighted by molar-refractivity contribution is 6.02. The summed E-state index contributed by atoms with van der Waals surface area (Å²) in [5, 5.41) is 13.4. The number of hydrogen-bond acceptors (Lipinski definition) is 3. The van der Waals surface area contributed by atoms with E-state index in [4.69, 9.17) is 0 Å². The van der Waals surface area contributed by atoms with Crippen LogP contribution >= 0.6 is 0 Å². The fourth-order valence-electron chi connectivity index (χ4n) is 5.44. The SMILES string of the molecule is Cc1ccc(C2C(C(=O)c3ccccc3)C(c3ccccc3)C(C(=O)O)N2C(=O)Nc2ccccc2)cc1. The number of carboxylic acid groups (broad SMARTS) is 1. The Morgan fingerprint density at radius 2 is 1.26 bits per heavy atom. The molecule has 1 aliphatic heterocycles. The van der Waals surface area contributed by atoms with Crippen molar-refractivity contribution in [3.05, 3.63) is 138 Å². The van der Waals surface area contributed by atoms with Crippen molar-refractivity contribution in [2.45, 2.75) is 24.9 Å². The first-order valence-corrected chi connectivity index (χ1v) is 12.5. The van der Waals surface area contributed by atoms with Gasteiger partial charge in [-0.15, -0.1) is 0 Å². The number of urea groups is 1. The molecule has 0 radical (unpaired) electrons. The Balaban J connectivity index is 1.71. The standard InChI is InChI=1S/C32H28N2O4/c1-21-17-19-23(20-18-21)28-27(30(35)24-13-7-3-8-14-24)26(22-11-5-2-6-12-22)29(31(36)37)34(28)32(38)33-25-15-9-4-10-16-25/h2-20,26-29H,1H3,(H,33,38)(H,36,37). The lowest BCUT2D eigenvalue weighted by atomic mass is 9.76. The Kier molecular flexibility index (Phi) is 7.05. The van der Waals surface area contributed by atoms with Crippen LogP contribution in [0.15, 0.2) is 115 Å². The third-order valence-corrected chi connectivity index (χ3v) is 7.14. The van der Waals surface area contributed by atoms with Gasteiger partial charge in [-0.05, 0) is 30.2 Å². The number of ketones is 1. The van der Waals surface area contributed by atoms with Crippen molar-refractivity contribution in [1.29, 1.82) is 0 Å². The van der Waals surface area contributed by atoms with Crippen LogP contribution in [-0.4, -0.2) is 33.8 Å². The number of nitrogens with zero attached hydrogens (tertiary/aromatic N) is 1. The Bertz CT molecular complexity index is 1420. The summed E-state index contributed by atoms with van der Waals surface area (Å²) in [6, 6.07) is 31.9. The van der Waals surface area contributed by atoms with Crippen molar-refractivity contribution in [2.24, 2.45) is 5.92 Å². The topological polar surface area (TPSA) is 86.7 Å². The van der Waals surface area contributed by atoms with Gasteiger partial charge in [0.25, 0.3) is 0 Å². The van der Waals surface area contributed by atoms with Crippen molar-refractivity contribution >= 4 is 23.5 Å². The molecule has 1 saturated heterocycles. The molecule has 38 heavy (non-hydrogen) atoms. The first-order chi connectivity index (χ1) is 18.5. The van der Waals surface area contributed by atoms with Crippen LogP contribution in [0.3, 0.4) is 0 Å². The van der Waals surface area contributed by atoms with Gasteiger partial charge in [0.1, 0.15) is 6.04 Å². The number of para-hydroxylation sites is 1. The van der Waals surface area contributed by atoms with Gasteiger partial charge in [0.15, 0.2) is 5.78 Å². The van der Waals surface area contributed by atoms with Gasteiger partial charge in [-0.1, -0.05) is 109 Å². The third-order valence-electron chi connectivity index (χ3n) is 7.14. The second-order valence-electron chi connectivity index (χ2n) is 9.53. The van der Waals surface area contributed by atoms with Gasteiger partial charge >= 0.3 is 12.0 Å². The molecular formula is C32H28N2O4. The number of Topliss-reactive ketones (excluding diaryl/α,β-unsaturated/α-hetero) is 1. The number of anilines is 1. The van der Waals surface area contributed by atoms with Crippen LogP contribution in [0.25, 0.3) is 0 Å². The van der Waals surface area contributed by atoms with Crippen LogP contribution in [0.4, 0.5) is 10.5 Å². The minimum atomic E-state index is -1.27. The molecule has 0 aromatic heterocycles. The molecular weight excluding hydrogens is 476 g/mol. The molecule has 6 heteroatoms. The number of amides is 2. The molecule has 0 spiro atoms. The zero-order chi connectivity index (χ0) is 26.6. The number of aliphatic carboxylic acids is 1. The van der Waals surface area contributed by atoms with Gasteiger partial charge in [-0.3, -0.25) is 4.79 Å². The molecule has 0 saturated carbocycles. The molecule has 5 rings (SSSR count). The number of carbonyl (C=O) groups excluding carboxylic acids is 2. The maximum atomic E-state index is 14.2. The lowest BCUT2D eigenvalue weighted by Crippen LogP contribution is -2.45. The summed E-state index contributed by atoms with van der Waals surface area (Å²) in [5.74, 6) is -2.96. The summed E-state index contributed by atoms with van der Waals surface area (Å²) in [6.45, 7) is 1.96. The minimum Gasteiger partial charge on any atom is -0.480 e. The average Bonchev–Trinajstić information content (AvgIpc) is 3.31. The molecule has 2 N–H and O–H groups in total. The normalized spacial score (nSPS) is 20.6. The fraction of sp³-hybridized carbons (Fsp3) is 0.156. The van der Waals surface area contributed by atoms with Crippen molar-refractivity contribution in [3.63, 3.8) is 0 Å². The maximum Gasteiger partial charge on any atom is 0.327 e. The van der Waals surface area contributed by atoms with E-state index >= 15 is 0 Å². The molecule has 1 heterocycles. The molecule has 190 valence electrons. The molecule has 1 aliphatic rings. The van der Waals surface area contributed by atoms with Crippen LogP contribution in [0.2, 0.25) is 0 Å². The van der Waals surface area contributed by atoms with E-state index in [2.05, 4.69) is 5.32 Å². The zero-order valence-electron chi connectivity index (χ0n) is 20.9. The van der Waals surface area contributed by atoms with E-state index in [0.29, 0.717) is 22.4 Å². The molecule has 1 fully saturated rings. The molecule has 4 aromatic carbocycles. The number of likely N-dealkylation sites (tertiary alicyclic amines) is 1. The number of carbonyl (C=O) groups is 3. The summed E-state index contributed by atoms with van der Waals surface area (Å²) < 4.78 is 0. The molecule has 4 unspecified atom stereocenters. The molecule has 6 nitrogen and oxygen atoms in total. The van der Waals surface area contributed by atoms with Crippen molar-refractivity contribution in [2.75, 3.05) is 5.32 Å². The smallest absolute Gasteiger partial charge is 0.327 e. The first kappa shape index (κ1) is 25.0. The summed E-state index contributed by atoms with van der Waals surface area (Å²) in [6.07, 6.45) is 0. The van der Waals surface area contributed by atoms with E-state index < -0.39 is 35.9 Å². The van der Waals surface area contributed by atoms with E-state index in [1.165, 1.54) is 4.90 Å². The predicted octanol–water partition coefficient (Wildman–Crippen LogP) is 6.32. The highest BCUT2D eigenvalue weighted by atomic mass is 16.4. The third kappa shape index (κ3) is 4.81. The molecule has 0 aliphatic carbocycles. The summed E-state index contributed by atoms with van der Waals surface area (Å²) >= 11 is 0. The zero-order valence-corrected chi connectivity index (χ0v) is 20.9. The summed E-state index contributed by atoms with van der Waals surface area (Å²) in [4.78, 5) is 42.4. The van der Waals surface area contributed by atoms with Crippen molar-refractivity contribution in [1.82, 2.24) is 4.90 Å². The van der Waals surface area contributed by atoms with Gasteiger partial charge in [-0.2, -0.15) is 0 Å². The van der Waals surface area contributed by atoms with Crippen molar-refractivity contribution in [3.8, 4) is 0 Å². The van der Waals surface area contributed by atoms with E-state index in [1.54, 1.807) is 48.5 Å². The van der Waals surface area contributed by atoms with Crippen LogP contribution in [0.1, 0.15) is 39.0 Å². The quantitative estimate of drug-likeness (QED) is 0.301. The maximum absolute atomic E-state index is 14.2. The molecule has 0 bridgehead atoms. The number of rotatable bonds is 6. The van der Waals surface area contributed by atoms with Gasteiger partial charge < -0.3 is 15.3 Å². The van der Waals surface area contributed by atoms with Crippen LogP contribution in [0, 0.1) is 12.8 Å². The molecule has 4 atom stereocenters. The number of hydrogen-bond donors (Lipinski definition) is 2. The summed E-state index contributed by atoms with van der Waals surface area (Å²) in [5.41, 5.74) is 3.44. The predicted molar refractivity (Wildman–Crippen MR) is 146 cm³/mol. The van der Waals surface area contributed by atoms with Gasteiger partial charge in [0, 0.05) is 17.2 Å². The van der Waals surface area contributed by atoms with E-state index in [0.717, 1.165) is 5.56 Å². The van der Waals surface area contributed by atoms with E-state index in [9.17, 15) is 19.5 Å². The number of nitrogens with one attached hydrogen (secondary N) is 1. The Morgan fingerprint density at radius 3 is 1.84 bits per heavy atom. The lowest BCUT2D eigenvalue weighted by molar-refractivity contribution is -0.142. The second-order valence-corrected chi connectivity index (χ2v) is 9.53. The number of carboxylic acids is 1. The highest BCUT2D eigenvalue weighted by Crippen LogP contribution is 2.51. The fourth-order valence-corrected chi connectivity index (χ4v) is 5.44. The Hall–Kier alpha value is -4.71. The average molecular weight is 505 g/mol. The van der Waals surface area contributed by atoms with Crippen LogP contribution < -0.4 is 5.32 Å². The van der Waals surface area contributed by atoms with Crippen LogP contribution in [0.5, 0.6) is 0 Å². The van der Waals surface area contributed by atoms with Crippen LogP contribution in [-0.2, 0) is 4.79 Å². The van der Waals surface area contributed by atoms with Crippen molar-refractivity contribution < 1.29 is 19.5 Å². The number of benzene rings is 4. The summed E-state index contributed by atoms with van der Waals surface area (Å²) in [7, 11) is 0. The highest BCUT2D eigenvalue weighted by Gasteiger charge is 2.57.